The van der Waals surface area contributed by atoms with E-state index in [0.29, 0.717) is 18.3 Å². The fourth-order valence-electron chi connectivity index (χ4n) is 2.47. The molecule has 0 N–H and O–H groups in total. The Morgan fingerprint density at radius 2 is 2.04 bits per heavy atom. The third-order valence-electron chi connectivity index (χ3n) is 3.68. The van der Waals surface area contributed by atoms with Crippen LogP contribution in [0, 0.1) is 6.92 Å². The van der Waals surface area contributed by atoms with Crippen LogP contribution in [0.2, 0.25) is 0 Å². The minimum absolute atomic E-state index is 0.583. The van der Waals surface area contributed by atoms with Gasteiger partial charge in [-0.25, -0.2) is 0 Å². The summed E-state index contributed by atoms with van der Waals surface area (Å²) in [5, 5.41) is 4.04. The van der Waals surface area contributed by atoms with E-state index in [4.69, 9.17) is 4.52 Å². The summed E-state index contributed by atoms with van der Waals surface area (Å²) in [7, 11) is 0. The molecule has 0 spiro atoms. The van der Waals surface area contributed by atoms with Crippen molar-refractivity contribution < 1.29 is 4.52 Å². The van der Waals surface area contributed by atoms with Crippen LogP contribution in [0.25, 0.3) is 11.4 Å². The van der Waals surface area contributed by atoms with Crippen LogP contribution in [0.4, 0.5) is 0 Å². The maximum atomic E-state index is 5.38. The summed E-state index contributed by atoms with van der Waals surface area (Å²) in [5.41, 5.74) is 3.43. The van der Waals surface area contributed by atoms with E-state index in [0.717, 1.165) is 18.7 Å². The quantitative estimate of drug-likeness (QED) is 0.698. The van der Waals surface area contributed by atoms with Crippen molar-refractivity contribution >= 4 is 0 Å². The average Bonchev–Trinajstić information content (AvgIpc) is 3.04. The van der Waals surface area contributed by atoms with Gasteiger partial charge in [-0.1, -0.05) is 41.9 Å². The molecule has 0 bridgehead atoms. The molecule has 0 aliphatic carbocycles. The van der Waals surface area contributed by atoms with Crippen LogP contribution in [0.3, 0.4) is 0 Å². The molecule has 5 heteroatoms. The molecule has 0 saturated carbocycles. The van der Waals surface area contributed by atoms with Crippen molar-refractivity contribution in [2.45, 2.75) is 26.9 Å². The lowest BCUT2D eigenvalue weighted by Crippen LogP contribution is -2.22. The fraction of sp³-hybridized carbons (Fsp3) is 0.278. The highest BCUT2D eigenvalue weighted by atomic mass is 16.5. The van der Waals surface area contributed by atoms with E-state index in [1.165, 1.54) is 11.1 Å². The molecule has 0 fully saturated rings. The highest BCUT2D eigenvalue weighted by Crippen LogP contribution is 2.15. The SMILES string of the molecule is CCN(Cc1cccc(C)c1)Cc1nc(-c2cccnc2)no1. The number of aryl methyl sites for hydroxylation is 1. The van der Waals surface area contributed by atoms with Crippen LogP contribution in [0.1, 0.15) is 23.9 Å². The molecule has 0 aliphatic heterocycles. The van der Waals surface area contributed by atoms with Gasteiger partial charge in [0.1, 0.15) is 0 Å². The van der Waals surface area contributed by atoms with E-state index >= 15 is 0 Å². The van der Waals surface area contributed by atoms with E-state index in [2.05, 4.69) is 58.1 Å². The van der Waals surface area contributed by atoms with Crippen LogP contribution in [0.15, 0.2) is 53.3 Å². The minimum atomic E-state index is 0.583. The van der Waals surface area contributed by atoms with Crippen molar-refractivity contribution in [3.8, 4) is 11.4 Å². The Labute approximate surface area is 136 Å². The summed E-state index contributed by atoms with van der Waals surface area (Å²) in [6.45, 7) is 6.66. The van der Waals surface area contributed by atoms with Gasteiger partial charge in [0.05, 0.1) is 6.54 Å². The number of aromatic nitrogens is 3. The largest absolute Gasteiger partial charge is 0.338 e. The molecule has 3 aromatic rings. The molecule has 23 heavy (non-hydrogen) atoms. The molecule has 1 aromatic carbocycles. The number of pyridine rings is 1. The highest BCUT2D eigenvalue weighted by Gasteiger charge is 2.12. The van der Waals surface area contributed by atoms with Gasteiger partial charge in [0.15, 0.2) is 0 Å². The summed E-state index contributed by atoms with van der Waals surface area (Å²) in [6, 6.07) is 12.3. The van der Waals surface area contributed by atoms with Crippen molar-refractivity contribution in [3.05, 3.63) is 65.8 Å². The zero-order valence-corrected chi connectivity index (χ0v) is 13.4. The number of nitrogens with zero attached hydrogens (tertiary/aromatic N) is 4. The first kappa shape index (κ1) is 15.4. The third kappa shape index (κ3) is 4.02. The molecular formula is C18H20N4O. The molecule has 2 heterocycles. The average molecular weight is 308 g/mol. The van der Waals surface area contributed by atoms with Gasteiger partial charge in [-0.15, -0.1) is 0 Å². The number of benzene rings is 1. The second-order valence-corrected chi connectivity index (χ2v) is 5.55. The third-order valence-corrected chi connectivity index (χ3v) is 3.68. The van der Waals surface area contributed by atoms with Crippen LogP contribution >= 0.6 is 0 Å². The van der Waals surface area contributed by atoms with Crippen molar-refractivity contribution in [2.24, 2.45) is 0 Å². The zero-order chi connectivity index (χ0) is 16.1. The Balaban J connectivity index is 1.69. The summed E-state index contributed by atoms with van der Waals surface area (Å²) < 4.78 is 5.38. The van der Waals surface area contributed by atoms with E-state index < -0.39 is 0 Å². The lowest BCUT2D eigenvalue weighted by Gasteiger charge is -2.18. The smallest absolute Gasteiger partial charge is 0.241 e. The van der Waals surface area contributed by atoms with E-state index in [1.54, 1.807) is 12.4 Å². The number of hydrogen-bond donors (Lipinski definition) is 0. The van der Waals surface area contributed by atoms with Gasteiger partial charge >= 0.3 is 0 Å². The Bertz CT molecular complexity index is 754. The summed E-state index contributed by atoms with van der Waals surface area (Å²) >= 11 is 0. The number of hydrogen-bond acceptors (Lipinski definition) is 5. The summed E-state index contributed by atoms with van der Waals surface area (Å²) in [5.74, 6) is 1.21. The molecule has 3 rings (SSSR count). The fourth-order valence-corrected chi connectivity index (χ4v) is 2.47. The minimum Gasteiger partial charge on any atom is -0.338 e. The van der Waals surface area contributed by atoms with Crippen molar-refractivity contribution in [1.82, 2.24) is 20.0 Å². The lowest BCUT2D eigenvalue weighted by molar-refractivity contribution is 0.229. The van der Waals surface area contributed by atoms with E-state index in [-0.39, 0.29) is 0 Å². The predicted molar refractivity (Wildman–Crippen MR) is 88.5 cm³/mol. The second-order valence-electron chi connectivity index (χ2n) is 5.55. The van der Waals surface area contributed by atoms with Crippen molar-refractivity contribution in [1.29, 1.82) is 0 Å². The van der Waals surface area contributed by atoms with Crippen LogP contribution in [0.5, 0.6) is 0 Å². The van der Waals surface area contributed by atoms with Gasteiger partial charge < -0.3 is 4.52 Å². The first-order chi connectivity index (χ1) is 11.2. The molecule has 0 atom stereocenters. The molecule has 0 aliphatic rings. The molecule has 2 aromatic heterocycles. The van der Waals surface area contributed by atoms with Crippen LogP contribution < -0.4 is 0 Å². The van der Waals surface area contributed by atoms with Gasteiger partial charge in [-0.3, -0.25) is 9.88 Å². The van der Waals surface area contributed by atoms with Gasteiger partial charge in [-0.05, 0) is 31.2 Å². The lowest BCUT2D eigenvalue weighted by atomic mass is 10.1. The molecule has 0 saturated heterocycles. The van der Waals surface area contributed by atoms with E-state index in [9.17, 15) is 0 Å². The van der Waals surface area contributed by atoms with Gasteiger partial charge in [0, 0.05) is 24.5 Å². The second kappa shape index (κ2) is 7.15. The molecule has 0 unspecified atom stereocenters. The molecule has 0 radical (unpaired) electrons. The Morgan fingerprint density at radius 3 is 2.78 bits per heavy atom. The zero-order valence-electron chi connectivity index (χ0n) is 13.4. The molecule has 118 valence electrons. The first-order valence-corrected chi connectivity index (χ1v) is 7.75. The van der Waals surface area contributed by atoms with E-state index in [1.807, 2.05) is 12.1 Å². The van der Waals surface area contributed by atoms with Crippen molar-refractivity contribution in [2.75, 3.05) is 6.54 Å². The van der Waals surface area contributed by atoms with Gasteiger partial charge in [-0.2, -0.15) is 4.98 Å². The normalized spacial score (nSPS) is 11.1. The topological polar surface area (TPSA) is 55.1 Å². The van der Waals surface area contributed by atoms with Crippen LogP contribution in [-0.2, 0) is 13.1 Å². The maximum absolute atomic E-state index is 5.38. The molecule has 0 amide bonds. The van der Waals surface area contributed by atoms with Gasteiger partial charge in [0.25, 0.3) is 0 Å². The van der Waals surface area contributed by atoms with Crippen LogP contribution in [-0.4, -0.2) is 26.6 Å². The molecule has 5 nitrogen and oxygen atoms in total. The van der Waals surface area contributed by atoms with Crippen molar-refractivity contribution in [3.63, 3.8) is 0 Å². The highest BCUT2D eigenvalue weighted by molar-refractivity contribution is 5.51. The maximum Gasteiger partial charge on any atom is 0.241 e. The van der Waals surface area contributed by atoms with Gasteiger partial charge in [0.2, 0.25) is 11.7 Å². The summed E-state index contributed by atoms with van der Waals surface area (Å²) in [4.78, 5) is 10.8. The predicted octanol–water partition coefficient (Wildman–Crippen LogP) is 3.46. The standard InChI is InChI=1S/C18H20N4O/c1-3-22(12-15-7-4-6-14(2)10-15)13-17-20-18(21-23-17)16-8-5-9-19-11-16/h4-11H,3,12-13H2,1-2H3. The first-order valence-electron chi connectivity index (χ1n) is 7.75. The Kier molecular flexibility index (Phi) is 4.78. The Morgan fingerprint density at radius 1 is 1.13 bits per heavy atom. The summed E-state index contributed by atoms with van der Waals surface area (Å²) in [6.07, 6.45) is 3.46. The molecular weight excluding hydrogens is 288 g/mol. The Hall–Kier alpha value is -2.53. The number of rotatable bonds is 6. The monoisotopic (exact) mass is 308 g/mol.